The second-order valence-electron chi connectivity index (χ2n) is 2.82. The molecule has 0 atom stereocenters. The number of hydrogen-bond acceptors (Lipinski definition) is 3. The molecule has 0 spiro atoms. The van der Waals surface area contributed by atoms with Gasteiger partial charge in [0.05, 0.1) is 11.4 Å². The molecule has 0 saturated heterocycles. The molecule has 1 rings (SSSR count). The summed E-state index contributed by atoms with van der Waals surface area (Å²) in [7, 11) is -3.82. The zero-order valence-corrected chi connectivity index (χ0v) is 8.81. The van der Waals surface area contributed by atoms with Crippen LogP contribution in [-0.2, 0) is 10.0 Å². The van der Waals surface area contributed by atoms with E-state index in [-0.39, 0.29) is 22.3 Å². The molecule has 0 unspecified atom stereocenters. The summed E-state index contributed by atoms with van der Waals surface area (Å²) in [5.74, 6) is 2.26. The minimum Gasteiger partial charge on any atom is -0.299 e. The van der Waals surface area contributed by atoms with Crippen molar-refractivity contribution >= 4 is 10.0 Å². The van der Waals surface area contributed by atoms with Crippen molar-refractivity contribution in [1.29, 1.82) is 0 Å². The third-order valence-corrected chi connectivity index (χ3v) is 3.37. The Kier molecular flexibility index (Phi) is 3.86. The minimum absolute atomic E-state index is 0.0459. The average Bonchev–Trinajstić information content (AvgIpc) is 2.27. The van der Waals surface area contributed by atoms with Crippen molar-refractivity contribution in [2.45, 2.75) is 11.3 Å². The molecule has 4 nitrogen and oxygen atoms in total. The summed E-state index contributed by atoms with van der Waals surface area (Å²) in [5, 5.41) is 9.31. The van der Waals surface area contributed by atoms with Crippen molar-refractivity contribution in [2.75, 3.05) is 6.54 Å². The van der Waals surface area contributed by atoms with E-state index in [0.29, 0.717) is 0 Å². The Hall–Kier alpha value is -1.35. The Bertz CT molecular complexity index is 447. The second-order valence-corrected chi connectivity index (χ2v) is 4.66. The second kappa shape index (κ2) is 4.94. The first-order valence-corrected chi connectivity index (χ1v) is 5.73. The van der Waals surface area contributed by atoms with Gasteiger partial charge in [0.2, 0.25) is 0 Å². The number of terminal acetylenes is 1. The molecule has 0 saturated carbocycles. The third-order valence-electron chi connectivity index (χ3n) is 1.77. The van der Waals surface area contributed by atoms with Gasteiger partial charge < -0.3 is 0 Å². The van der Waals surface area contributed by atoms with Crippen molar-refractivity contribution in [3.8, 4) is 12.3 Å². The predicted octanol–water partition coefficient (Wildman–Crippen LogP) is 1.09. The highest BCUT2D eigenvalue weighted by Gasteiger charge is 2.21. The lowest BCUT2D eigenvalue weighted by atomic mass is 10.4. The first-order chi connectivity index (χ1) is 7.09. The number of rotatable bonds is 4. The molecule has 0 aliphatic rings. The van der Waals surface area contributed by atoms with Crippen molar-refractivity contribution in [3.63, 3.8) is 0 Å². The molecule has 0 aliphatic carbocycles. The van der Waals surface area contributed by atoms with Crippen LogP contribution in [-0.4, -0.2) is 24.6 Å². The molecule has 0 aromatic heterocycles. The Balaban J connectivity index is 2.90. The van der Waals surface area contributed by atoms with E-state index < -0.39 is 10.0 Å². The van der Waals surface area contributed by atoms with Gasteiger partial charge in [-0.3, -0.25) is 5.21 Å². The predicted molar refractivity (Wildman–Crippen MR) is 55.6 cm³/mol. The summed E-state index contributed by atoms with van der Waals surface area (Å²) in [6.45, 7) is -0.103. The van der Waals surface area contributed by atoms with Gasteiger partial charge in [-0.15, -0.1) is 12.3 Å². The molecule has 1 aromatic rings. The van der Waals surface area contributed by atoms with E-state index in [0.717, 1.165) is 0 Å². The van der Waals surface area contributed by atoms with Crippen molar-refractivity contribution in [3.05, 3.63) is 30.3 Å². The molecule has 80 valence electrons. The fourth-order valence-corrected chi connectivity index (χ4v) is 2.07. The highest BCUT2D eigenvalue weighted by Crippen LogP contribution is 2.12. The Morgan fingerprint density at radius 2 is 1.93 bits per heavy atom. The number of benzene rings is 1. The first kappa shape index (κ1) is 11.7. The lowest BCUT2D eigenvalue weighted by Crippen LogP contribution is -2.28. The highest BCUT2D eigenvalue weighted by atomic mass is 32.2. The van der Waals surface area contributed by atoms with Gasteiger partial charge in [-0.1, -0.05) is 22.7 Å². The average molecular weight is 225 g/mol. The van der Waals surface area contributed by atoms with Crippen LogP contribution in [0.2, 0.25) is 0 Å². The number of sulfonamides is 1. The van der Waals surface area contributed by atoms with Crippen LogP contribution in [0.3, 0.4) is 0 Å². The van der Waals surface area contributed by atoms with Crippen LogP contribution < -0.4 is 0 Å². The maximum Gasteiger partial charge on any atom is 0.264 e. The molecule has 0 aliphatic heterocycles. The van der Waals surface area contributed by atoms with Crippen LogP contribution in [0.1, 0.15) is 6.42 Å². The first-order valence-electron chi connectivity index (χ1n) is 4.29. The van der Waals surface area contributed by atoms with Gasteiger partial charge in [-0.05, 0) is 12.1 Å². The van der Waals surface area contributed by atoms with Gasteiger partial charge >= 0.3 is 0 Å². The van der Waals surface area contributed by atoms with Crippen molar-refractivity contribution in [2.24, 2.45) is 0 Å². The van der Waals surface area contributed by atoms with E-state index in [1.165, 1.54) is 12.1 Å². The number of hydroxylamine groups is 1. The van der Waals surface area contributed by atoms with E-state index in [1.807, 2.05) is 0 Å². The smallest absolute Gasteiger partial charge is 0.264 e. The summed E-state index contributed by atoms with van der Waals surface area (Å²) in [5.41, 5.74) is 0. The molecule has 5 heteroatoms. The summed E-state index contributed by atoms with van der Waals surface area (Å²) in [4.78, 5) is 0.0459. The minimum atomic E-state index is -3.82. The lowest BCUT2D eigenvalue weighted by molar-refractivity contribution is 0.00548. The van der Waals surface area contributed by atoms with E-state index in [1.54, 1.807) is 18.2 Å². The molecule has 0 heterocycles. The molecule has 1 aromatic carbocycles. The SMILES string of the molecule is C#CCCN(O)S(=O)(=O)c1ccccc1. The van der Waals surface area contributed by atoms with Crippen LogP contribution in [0.15, 0.2) is 35.2 Å². The Morgan fingerprint density at radius 1 is 1.33 bits per heavy atom. The summed E-state index contributed by atoms with van der Waals surface area (Å²) >= 11 is 0. The van der Waals surface area contributed by atoms with Gasteiger partial charge in [0.25, 0.3) is 10.0 Å². The summed E-state index contributed by atoms with van der Waals surface area (Å²) in [6.07, 6.45) is 5.15. The van der Waals surface area contributed by atoms with Gasteiger partial charge in [0.15, 0.2) is 0 Å². The molecule has 0 bridgehead atoms. The Morgan fingerprint density at radius 3 is 2.47 bits per heavy atom. The molecule has 0 radical (unpaired) electrons. The molecular formula is C10H11NO3S. The largest absolute Gasteiger partial charge is 0.299 e. The van der Waals surface area contributed by atoms with Gasteiger partial charge in [0.1, 0.15) is 0 Å². The lowest BCUT2D eigenvalue weighted by Gasteiger charge is -2.13. The number of hydrogen-bond donors (Lipinski definition) is 1. The maximum absolute atomic E-state index is 11.6. The summed E-state index contributed by atoms with van der Waals surface area (Å²) < 4.78 is 23.6. The molecular weight excluding hydrogens is 214 g/mol. The van der Waals surface area contributed by atoms with Crippen molar-refractivity contribution < 1.29 is 13.6 Å². The number of nitrogens with zero attached hydrogens (tertiary/aromatic N) is 1. The van der Waals surface area contributed by atoms with Crippen LogP contribution in [0.25, 0.3) is 0 Å². The highest BCUT2D eigenvalue weighted by molar-refractivity contribution is 7.89. The third kappa shape index (κ3) is 2.80. The Labute approximate surface area is 89.2 Å². The molecule has 15 heavy (non-hydrogen) atoms. The standard InChI is InChI=1S/C10H11NO3S/c1-2-3-9-11(12)15(13,14)10-7-5-4-6-8-10/h1,4-8,12H,3,9H2. The van der Waals surface area contributed by atoms with Gasteiger partial charge in [-0.2, -0.15) is 0 Å². The van der Waals surface area contributed by atoms with E-state index in [9.17, 15) is 13.6 Å². The molecule has 0 amide bonds. The van der Waals surface area contributed by atoms with E-state index in [4.69, 9.17) is 6.42 Å². The van der Waals surface area contributed by atoms with E-state index in [2.05, 4.69) is 5.92 Å². The van der Waals surface area contributed by atoms with E-state index >= 15 is 0 Å². The fourth-order valence-electron chi connectivity index (χ4n) is 0.995. The molecule has 0 fully saturated rings. The topological polar surface area (TPSA) is 57.6 Å². The summed E-state index contributed by atoms with van der Waals surface area (Å²) in [6, 6.07) is 7.69. The van der Waals surface area contributed by atoms with Crippen molar-refractivity contribution in [1.82, 2.24) is 4.47 Å². The van der Waals surface area contributed by atoms with Gasteiger partial charge in [-0.25, -0.2) is 8.42 Å². The quantitative estimate of drug-likeness (QED) is 0.616. The van der Waals surface area contributed by atoms with Gasteiger partial charge in [0, 0.05) is 6.42 Å². The van der Waals surface area contributed by atoms with Crippen LogP contribution >= 0.6 is 0 Å². The maximum atomic E-state index is 11.6. The molecule has 1 N–H and O–H groups in total. The van der Waals surface area contributed by atoms with Crippen LogP contribution in [0.4, 0.5) is 0 Å². The normalized spacial score (nSPS) is 11.3. The van der Waals surface area contributed by atoms with Crippen LogP contribution in [0.5, 0.6) is 0 Å². The zero-order valence-electron chi connectivity index (χ0n) is 8.00. The fraction of sp³-hybridized carbons (Fsp3) is 0.200. The monoisotopic (exact) mass is 225 g/mol. The zero-order chi connectivity index (χ0) is 11.3. The van der Waals surface area contributed by atoms with Crippen LogP contribution in [0, 0.1) is 12.3 Å².